The van der Waals surface area contributed by atoms with E-state index in [1.165, 1.54) is 0 Å². The summed E-state index contributed by atoms with van der Waals surface area (Å²) in [6, 6.07) is 0. The Morgan fingerprint density at radius 2 is 2.23 bits per heavy atom. The van der Waals surface area contributed by atoms with Gasteiger partial charge >= 0.3 is 0 Å². The van der Waals surface area contributed by atoms with Crippen LogP contribution in [0.3, 0.4) is 0 Å². The van der Waals surface area contributed by atoms with Gasteiger partial charge in [0.1, 0.15) is 11.6 Å². The van der Waals surface area contributed by atoms with E-state index in [9.17, 15) is 0 Å². The second-order valence-corrected chi connectivity index (χ2v) is 3.06. The van der Waals surface area contributed by atoms with Gasteiger partial charge in [-0.05, 0) is 20.3 Å². The summed E-state index contributed by atoms with van der Waals surface area (Å²) in [7, 11) is 0. The third kappa shape index (κ3) is 2.85. The van der Waals surface area contributed by atoms with E-state index < -0.39 is 0 Å². The smallest absolute Gasteiger partial charge is 0.147 e. The largest absolute Gasteiger partial charge is 0.388 e. The first-order valence-corrected chi connectivity index (χ1v) is 4.30. The average Bonchev–Trinajstić information content (AvgIpc) is 2.29. The van der Waals surface area contributed by atoms with Gasteiger partial charge in [-0.2, -0.15) is 5.10 Å². The lowest BCUT2D eigenvalue weighted by molar-refractivity contribution is 0.568. The van der Waals surface area contributed by atoms with Gasteiger partial charge in [0.25, 0.3) is 0 Å². The zero-order valence-electron chi connectivity index (χ0n) is 8.04. The second-order valence-electron chi connectivity index (χ2n) is 3.06. The number of nitrogens with zero attached hydrogens (tertiary/aromatic N) is 3. The first kappa shape index (κ1) is 9.70. The summed E-state index contributed by atoms with van der Waals surface area (Å²) in [6.07, 6.45) is 1.47. The van der Waals surface area contributed by atoms with Crippen LogP contribution in [0.5, 0.6) is 0 Å². The van der Waals surface area contributed by atoms with Crippen molar-refractivity contribution in [2.24, 2.45) is 5.73 Å². The summed E-state index contributed by atoms with van der Waals surface area (Å²) < 4.78 is 1.85. The van der Waals surface area contributed by atoms with Gasteiger partial charge in [-0.3, -0.25) is 10.1 Å². The standard InChI is InChI=1S/C8H15N5/c1-6-11-7(2)13(12-6)5-3-4-8(9)10/h3-5H2,1-2H3,(H3,9,10). The lowest BCUT2D eigenvalue weighted by Gasteiger charge is -2.01. The highest BCUT2D eigenvalue weighted by Gasteiger charge is 2.01. The maximum absolute atomic E-state index is 7.05. The van der Waals surface area contributed by atoms with Gasteiger partial charge in [-0.15, -0.1) is 0 Å². The fraction of sp³-hybridized carbons (Fsp3) is 0.625. The summed E-state index contributed by atoms with van der Waals surface area (Å²) in [4.78, 5) is 4.18. The minimum Gasteiger partial charge on any atom is -0.388 e. The second kappa shape index (κ2) is 4.02. The van der Waals surface area contributed by atoms with Crippen LogP contribution < -0.4 is 5.73 Å². The zero-order chi connectivity index (χ0) is 9.84. The van der Waals surface area contributed by atoms with Crippen molar-refractivity contribution in [3.8, 4) is 0 Å². The van der Waals surface area contributed by atoms with Crippen molar-refractivity contribution in [2.45, 2.75) is 33.2 Å². The van der Waals surface area contributed by atoms with Gasteiger partial charge in [-0.25, -0.2) is 4.98 Å². The summed E-state index contributed by atoms with van der Waals surface area (Å²) in [5.41, 5.74) is 5.24. The molecule has 0 amide bonds. The third-order valence-corrected chi connectivity index (χ3v) is 1.78. The molecule has 0 aromatic carbocycles. The van der Waals surface area contributed by atoms with Gasteiger partial charge in [0.2, 0.25) is 0 Å². The molecule has 0 aliphatic rings. The molecule has 0 aliphatic carbocycles. The normalized spacial score (nSPS) is 10.3. The number of hydrogen-bond donors (Lipinski definition) is 2. The summed E-state index contributed by atoms with van der Waals surface area (Å²) in [6.45, 7) is 4.58. The van der Waals surface area contributed by atoms with Gasteiger partial charge < -0.3 is 5.73 Å². The highest BCUT2D eigenvalue weighted by Crippen LogP contribution is 1.99. The maximum atomic E-state index is 7.05. The first-order chi connectivity index (χ1) is 6.09. The summed E-state index contributed by atoms with van der Waals surface area (Å²) >= 11 is 0. The molecule has 3 N–H and O–H groups in total. The van der Waals surface area contributed by atoms with Gasteiger partial charge in [0, 0.05) is 13.0 Å². The Morgan fingerprint density at radius 1 is 1.54 bits per heavy atom. The summed E-state index contributed by atoms with van der Waals surface area (Å²) in [5, 5.41) is 11.3. The van der Waals surface area contributed by atoms with Crippen molar-refractivity contribution in [3.05, 3.63) is 11.6 Å². The minimum absolute atomic E-state index is 0.231. The molecule has 13 heavy (non-hydrogen) atoms. The average molecular weight is 181 g/mol. The van der Waals surface area contributed by atoms with Crippen molar-refractivity contribution in [1.29, 1.82) is 5.41 Å². The van der Waals surface area contributed by atoms with Gasteiger partial charge in [0.15, 0.2) is 0 Å². The molecule has 5 heteroatoms. The molecule has 0 saturated carbocycles. The molecule has 5 nitrogen and oxygen atoms in total. The molecule has 1 rings (SSSR count). The van der Waals surface area contributed by atoms with Crippen LogP contribution in [0, 0.1) is 19.3 Å². The number of hydrogen-bond acceptors (Lipinski definition) is 3. The van der Waals surface area contributed by atoms with E-state index in [2.05, 4.69) is 10.1 Å². The SMILES string of the molecule is Cc1nc(C)n(CCCC(=N)N)n1. The molecule has 0 aliphatic heterocycles. The Morgan fingerprint density at radius 3 is 2.69 bits per heavy atom. The quantitative estimate of drug-likeness (QED) is 0.527. The van der Waals surface area contributed by atoms with E-state index in [4.69, 9.17) is 11.1 Å². The Hall–Kier alpha value is -1.39. The monoisotopic (exact) mass is 181 g/mol. The van der Waals surface area contributed by atoms with E-state index >= 15 is 0 Å². The Labute approximate surface area is 77.5 Å². The third-order valence-electron chi connectivity index (χ3n) is 1.78. The van der Waals surface area contributed by atoms with Crippen molar-refractivity contribution >= 4 is 5.84 Å². The lowest BCUT2D eigenvalue weighted by Crippen LogP contribution is -2.11. The lowest BCUT2D eigenvalue weighted by atomic mass is 10.3. The Bertz CT molecular complexity index is 301. The molecule has 0 radical (unpaired) electrons. The van der Waals surface area contributed by atoms with Crippen LogP contribution in [0.2, 0.25) is 0 Å². The Kier molecular flexibility index (Phi) is 3.00. The highest BCUT2D eigenvalue weighted by atomic mass is 15.3. The molecule has 0 spiro atoms. The van der Waals surface area contributed by atoms with Crippen molar-refractivity contribution in [3.63, 3.8) is 0 Å². The molecule has 0 fully saturated rings. The first-order valence-electron chi connectivity index (χ1n) is 4.30. The summed E-state index contributed by atoms with van der Waals surface area (Å²) in [5.74, 6) is 1.94. The van der Waals surface area contributed by atoms with Crippen molar-refractivity contribution in [1.82, 2.24) is 14.8 Å². The van der Waals surface area contributed by atoms with Crippen LogP contribution in [-0.4, -0.2) is 20.6 Å². The van der Waals surface area contributed by atoms with Crippen molar-refractivity contribution in [2.75, 3.05) is 0 Å². The number of aromatic nitrogens is 3. The number of aryl methyl sites for hydroxylation is 3. The van der Waals surface area contributed by atoms with Gasteiger partial charge in [0.05, 0.1) is 5.84 Å². The van der Waals surface area contributed by atoms with Gasteiger partial charge in [-0.1, -0.05) is 0 Å². The number of rotatable bonds is 4. The molecule has 1 aromatic heterocycles. The maximum Gasteiger partial charge on any atom is 0.147 e. The highest BCUT2D eigenvalue weighted by molar-refractivity contribution is 5.76. The molecular formula is C8H15N5. The fourth-order valence-corrected chi connectivity index (χ4v) is 1.19. The molecule has 0 unspecified atom stereocenters. The van der Waals surface area contributed by atoms with Crippen LogP contribution in [0.4, 0.5) is 0 Å². The molecule has 1 aromatic rings. The molecule has 0 atom stereocenters. The van der Waals surface area contributed by atoms with Crippen molar-refractivity contribution < 1.29 is 0 Å². The molecule has 0 bridgehead atoms. The van der Waals surface area contributed by atoms with Crippen LogP contribution in [0.15, 0.2) is 0 Å². The van der Waals surface area contributed by atoms with E-state index in [0.29, 0.717) is 6.42 Å². The number of nitrogens with two attached hydrogens (primary N) is 1. The van der Waals surface area contributed by atoms with Crippen LogP contribution in [0.25, 0.3) is 0 Å². The topological polar surface area (TPSA) is 80.6 Å². The molecule has 1 heterocycles. The van der Waals surface area contributed by atoms with E-state index in [-0.39, 0.29) is 5.84 Å². The number of nitrogens with one attached hydrogen (secondary N) is 1. The molecule has 72 valence electrons. The molecule has 0 saturated heterocycles. The predicted octanol–water partition coefficient (Wildman–Crippen LogP) is 0.611. The van der Waals surface area contributed by atoms with Crippen LogP contribution >= 0.6 is 0 Å². The van der Waals surface area contributed by atoms with E-state index in [1.54, 1.807) is 0 Å². The fourth-order valence-electron chi connectivity index (χ4n) is 1.19. The minimum atomic E-state index is 0.231. The Balaban J connectivity index is 2.45. The van der Waals surface area contributed by atoms with E-state index in [1.807, 2.05) is 18.5 Å². The molecular weight excluding hydrogens is 166 g/mol. The van der Waals surface area contributed by atoms with E-state index in [0.717, 1.165) is 24.6 Å². The van der Waals surface area contributed by atoms with Crippen LogP contribution in [-0.2, 0) is 6.54 Å². The number of amidine groups is 1. The zero-order valence-corrected chi connectivity index (χ0v) is 8.04. The van der Waals surface area contributed by atoms with Crippen LogP contribution in [0.1, 0.15) is 24.5 Å². The predicted molar refractivity (Wildman–Crippen MR) is 50.6 cm³/mol.